The van der Waals surface area contributed by atoms with E-state index in [1.807, 2.05) is 24.2 Å². The molecule has 18 heavy (non-hydrogen) atoms. The van der Waals surface area contributed by atoms with Crippen LogP contribution < -0.4 is 10.2 Å². The van der Waals surface area contributed by atoms with Gasteiger partial charge in [-0.2, -0.15) is 0 Å². The summed E-state index contributed by atoms with van der Waals surface area (Å²) in [5, 5.41) is 3.06. The van der Waals surface area contributed by atoms with Crippen LogP contribution in [0.2, 0.25) is 0 Å². The number of fused-ring (bicyclic) bond motifs is 1. The molecule has 1 aromatic heterocycles. The normalized spacial score (nSPS) is 23.2. The van der Waals surface area contributed by atoms with Gasteiger partial charge in [-0.1, -0.05) is 0 Å². The van der Waals surface area contributed by atoms with Gasteiger partial charge in [0.2, 0.25) is 5.91 Å². The van der Waals surface area contributed by atoms with Crippen molar-refractivity contribution in [3.63, 3.8) is 0 Å². The third kappa shape index (κ3) is 1.89. The van der Waals surface area contributed by atoms with Crippen LogP contribution in [0, 0.1) is 0 Å². The van der Waals surface area contributed by atoms with E-state index in [0.29, 0.717) is 11.9 Å². The summed E-state index contributed by atoms with van der Waals surface area (Å²) in [5.41, 5.74) is 1.19. The fourth-order valence-electron chi connectivity index (χ4n) is 2.85. The number of amides is 1. The lowest BCUT2D eigenvalue weighted by molar-refractivity contribution is -0.129. The van der Waals surface area contributed by atoms with Crippen LogP contribution in [0.15, 0.2) is 18.3 Å². The predicted octanol–water partition coefficient (Wildman–Crippen LogP) is 0.934. The van der Waals surface area contributed by atoms with Crippen molar-refractivity contribution in [3.8, 4) is 0 Å². The minimum absolute atomic E-state index is 0.324. The molecule has 1 amide bonds. The second kappa shape index (κ2) is 4.48. The number of anilines is 2. The number of aromatic nitrogens is 1. The zero-order valence-electron chi connectivity index (χ0n) is 10.6. The molecule has 0 radical (unpaired) electrons. The predicted molar refractivity (Wildman–Crippen MR) is 70.7 cm³/mol. The number of hydrogen-bond donors (Lipinski definition) is 1. The van der Waals surface area contributed by atoms with E-state index in [0.717, 1.165) is 38.3 Å². The highest BCUT2D eigenvalue weighted by molar-refractivity contribution is 5.79. The van der Waals surface area contributed by atoms with Gasteiger partial charge < -0.3 is 15.1 Å². The second-order valence-corrected chi connectivity index (χ2v) is 4.87. The second-order valence-electron chi connectivity index (χ2n) is 4.87. The van der Waals surface area contributed by atoms with Crippen LogP contribution in [-0.2, 0) is 4.79 Å². The van der Waals surface area contributed by atoms with E-state index in [1.54, 1.807) is 0 Å². The third-order valence-corrected chi connectivity index (χ3v) is 3.86. The third-order valence-electron chi connectivity index (χ3n) is 3.86. The molecule has 2 aliphatic rings. The minimum Gasteiger partial charge on any atom is -0.373 e. The molecular weight excluding hydrogens is 228 g/mol. The average Bonchev–Trinajstić information content (AvgIpc) is 2.80. The van der Waals surface area contributed by atoms with E-state index < -0.39 is 0 Å². The molecule has 0 saturated carbocycles. The smallest absolute Gasteiger partial charge is 0.223 e. The molecule has 0 spiro atoms. The van der Waals surface area contributed by atoms with E-state index >= 15 is 0 Å². The molecular formula is C13H18N4O. The van der Waals surface area contributed by atoms with E-state index in [-0.39, 0.29) is 0 Å². The van der Waals surface area contributed by atoms with Gasteiger partial charge in [-0.25, -0.2) is 4.98 Å². The first-order valence-electron chi connectivity index (χ1n) is 6.46. The molecule has 2 aliphatic heterocycles. The molecule has 0 aliphatic carbocycles. The van der Waals surface area contributed by atoms with Gasteiger partial charge in [0.05, 0.1) is 0 Å². The fraction of sp³-hybridized carbons (Fsp3) is 0.538. The van der Waals surface area contributed by atoms with Crippen molar-refractivity contribution in [3.05, 3.63) is 18.3 Å². The van der Waals surface area contributed by atoms with Gasteiger partial charge in [0.1, 0.15) is 5.82 Å². The van der Waals surface area contributed by atoms with Crippen LogP contribution in [0.3, 0.4) is 0 Å². The lowest BCUT2D eigenvalue weighted by Gasteiger charge is -2.38. The van der Waals surface area contributed by atoms with Crippen LogP contribution in [0.1, 0.15) is 12.8 Å². The standard InChI is InChI=1S/C13H18N4O/c1-14-12-8-10(4-5-15-12)16-6-7-17-11(9-16)2-3-13(17)18/h4-5,8,11H,2-3,6-7,9H2,1H3,(H,14,15). The zero-order chi connectivity index (χ0) is 12.5. The Morgan fingerprint density at radius 2 is 2.33 bits per heavy atom. The maximum atomic E-state index is 11.6. The summed E-state index contributed by atoms with van der Waals surface area (Å²) in [5.74, 6) is 1.21. The van der Waals surface area contributed by atoms with Gasteiger partial charge >= 0.3 is 0 Å². The van der Waals surface area contributed by atoms with Crippen molar-refractivity contribution in [2.45, 2.75) is 18.9 Å². The molecule has 1 atom stereocenters. The number of pyridine rings is 1. The lowest BCUT2D eigenvalue weighted by atomic mass is 10.1. The van der Waals surface area contributed by atoms with E-state index in [9.17, 15) is 4.79 Å². The number of hydrogen-bond acceptors (Lipinski definition) is 4. The number of carbonyl (C=O) groups is 1. The molecule has 1 unspecified atom stereocenters. The maximum absolute atomic E-state index is 11.6. The van der Waals surface area contributed by atoms with Crippen molar-refractivity contribution in [2.75, 3.05) is 36.9 Å². The number of piperazine rings is 1. The van der Waals surface area contributed by atoms with Gasteiger partial charge in [-0.15, -0.1) is 0 Å². The van der Waals surface area contributed by atoms with Crippen LogP contribution in [0.5, 0.6) is 0 Å². The topological polar surface area (TPSA) is 48.5 Å². The number of rotatable bonds is 2. The van der Waals surface area contributed by atoms with Gasteiger partial charge in [0.25, 0.3) is 0 Å². The van der Waals surface area contributed by atoms with Gasteiger partial charge in [0, 0.05) is 57.1 Å². The highest BCUT2D eigenvalue weighted by atomic mass is 16.2. The highest BCUT2D eigenvalue weighted by Gasteiger charge is 2.35. The summed E-state index contributed by atoms with van der Waals surface area (Å²) in [6.07, 6.45) is 3.54. The van der Waals surface area contributed by atoms with Gasteiger partial charge in [-0.3, -0.25) is 4.79 Å². The summed E-state index contributed by atoms with van der Waals surface area (Å²) in [6.45, 7) is 2.70. The molecule has 96 valence electrons. The maximum Gasteiger partial charge on any atom is 0.223 e. The van der Waals surface area contributed by atoms with E-state index in [1.165, 1.54) is 5.69 Å². The average molecular weight is 246 g/mol. The van der Waals surface area contributed by atoms with Crippen LogP contribution in [-0.4, -0.2) is 48.5 Å². The summed E-state index contributed by atoms with van der Waals surface area (Å²) < 4.78 is 0. The highest BCUT2D eigenvalue weighted by Crippen LogP contribution is 2.26. The minimum atomic E-state index is 0.324. The van der Waals surface area contributed by atoms with Crippen LogP contribution in [0.25, 0.3) is 0 Å². The Morgan fingerprint density at radius 1 is 1.44 bits per heavy atom. The molecule has 0 aromatic carbocycles. The molecule has 1 aromatic rings. The van der Waals surface area contributed by atoms with Crippen molar-refractivity contribution in [1.82, 2.24) is 9.88 Å². The number of nitrogens with zero attached hydrogens (tertiary/aromatic N) is 3. The monoisotopic (exact) mass is 246 g/mol. The molecule has 3 rings (SSSR count). The summed E-state index contributed by atoms with van der Waals surface area (Å²) in [7, 11) is 1.87. The zero-order valence-corrected chi connectivity index (χ0v) is 10.6. The summed E-state index contributed by atoms with van der Waals surface area (Å²) in [6, 6.07) is 4.50. The van der Waals surface area contributed by atoms with E-state index in [4.69, 9.17) is 0 Å². The fourth-order valence-corrected chi connectivity index (χ4v) is 2.85. The molecule has 3 heterocycles. The first-order valence-corrected chi connectivity index (χ1v) is 6.46. The van der Waals surface area contributed by atoms with Crippen molar-refractivity contribution < 1.29 is 4.79 Å². The van der Waals surface area contributed by atoms with Gasteiger partial charge in [-0.05, 0) is 12.5 Å². The van der Waals surface area contributed by atoms with Gasteiger partial charge in [0.15, 0.2) is 0 Å². The first-order chi connectivity index (χ1) is 8.78. The largest absolute Gasteiger partial charge is 0.373 e. The SMILES string of the molecule is CNc1cc(N2CCN3C(=O)CCC3C2)ccn1. The Morgan fingerprint density at radius 3 is 3.17 bits per heavy atom. The lowest BCUT2D eigenvalue weighted by Crippen LogP contribution is -2.51. The quantitative estimate of drug-likeness (QED) is 0.843. The molecule has 2 saturated heterocycles. The Labute approximate surface area is 107 Å². The van der Waals surface area contributed by atoms with Crippen LogP contribution in [0.4, 0.5) is 11.5 Å². The molecule has 0 bridgehead atoms. The van der Waals surface area contributed by atoms with E-state index in [2.05, 4.69) is 21.3 Å². The molecule has 1 N–H and O–H groups in total. The Balaban J connectivity index is 1.76. The number of nitrogens with one attached hydrogen (secondary N) is 1. The van der Waals surface area contributed by atoms with Crippen molar-refractivity contribution in [2.24, 2.45) is 0 Å². The van der Waals surface area contributed by atoms with Crippen molar-refractivity contribution >= 4 is 17.4 Å². The molecule has 5 nitrogen and oxygen atoms in total. The Kier molecular flexibility index (Phi) is 2.81. The van der Waals surface area contributed by atoms with Crippen molar-refractivity contribution in [1.29, 1.82) is 0 Å². The number of carbonyl (C=O) groups excluding carboxylic acids is 1. The van der Waals surface area contributed by atoms with Crippen LogP contribution >= 0.6 is 0 Å². The summed E-state index contributed by atoms with van der Waals surface area (Å²) >= 11 is 0. The molecule has 2 fully saturated rings. The Bertz CT molecular complexity index is 462. The Hall–Kier alpha value is -1.78. The first kappa shape index (κ1) is 11.3. The summed E-state index contributed by atoms with van der Waals surface area (Å²) in [4.78, 5) is 20.3. The molecule has 5 heteroatoms.